The van der Waals surface area contributed by atoms with Gasteiger partial charge in [-0.3, -0.25) is 9.00 Å². The van der Waals surface area contributed by atoms with Crippen LogP contribution in [0, 0.1) is 0 Å². The lowest BCUT2D eigenvalue weighted by molar-refractivity contribution is -0.138. The Kier molecular flexibility index (Phi) is 5.43. The molecule has 0 radical (unpaired) electrons. The molecule has 1 aliphatic heterocycles. The van der Waals surface area contributed by atoms with E-state index in [0.29, 0.717) is 41.8 Å². The Morgan fingerprint density at radius 1 is 1.40 bits per heavy atom. The van der Waals surface area contributed by atoms with Crippen molar-refractivity contribution in [1.29, 1.82) is 0 Å². The monoisotopic (exact) mass is 315 g/mol. The lowest BCUT2D eigenvalue weighted by atomic mass is 10.2. The van der Waals surface area contributed by atoms with E-state index >= 15 is 0 Å². The number of rotatable bonds is 4. The van der Waals surface area contributed by atoms with Crippen molar-refractivity contribution in [2.75, 3.05) is 24.6 Å². The maximum Gasteiger partial charge on any atom is 0.263 e. The molecule has 1 aliphatic rings. The fourth-order valence-electron chi connectivity index (χ4n) is 2.06. The van der Waals surface area contributed by atoms with Crippen molar-refractivity contribution < 1.29 is 13.7 Å². The van der Waals surface area contributed by atoms with Gasteiger partial charge < -0.3 is 9.64 Å². The Hall–Kier alpha value is -1.07. The summed E-state index contributed by atoms with van der Waals surface area (Å²) in [5.74, 6) is 1.57. The molecule has 0 aliphatic carbocycles. The van der Waals surface area contributed by atoms with Crippen molar-refractivity contribution in [1.82, 2.24) is 4.90 Å². The molecule has 4 nitrogen and oxygen atoms in total. The van der Waals surface area contributed by atoms with Gasteiger partial charge in [-0.2, -0.15) is 0 Å². The van der Waals surface area contributed by atoms with E-state index in [1.165, 1.54) is 0 Å². The Labute approximate surface area is 126 Å². The van der Waals surface area contributed by atoms with Gasteiger partial charge in [-0.1, -0.05) is 30.7 Å². The number of para-hydroxylation sites is 1. The molecule has 1 fully saturated rings. The van der Waals surface area contributed by atoms with E-state index in [2.05, 4.69) is 0 Å². The topological polar surface area (TPSA) is 46.6 Å². The van der Waals surface area contributed by atoms with E-state index in [0.717, 1.165) is 0 Å². The highest BCUT2D eigenvalue weighted by Gasteiger charge is 2.27. The zero-order chi connectivity index (χ0) is 14.5. The minimum absolute atomic E-state index is 0.0517. The normalized spacial score (nSPS) is 17.8. The maximum atomic E-state index is 12.4. The molecule has 1 aromatic carbocycles. The first-order valence-electron chi connectivity index (χ1n) is 6.66. The average Bonchev–Trinajstić information content (AvgIpc) is 2.46. The number of ether oxygens (including phenoxy) is 1. The molecule has 1 atom stereocenters. The first-order valence-corrected chi connectivity index (χ1v) is 8.53. The van der Waals surface area contributed by atoms with Crippen LogP contribution in [0.4, 0.5) is 0 Å². The van der Waals surface area contributed by atoms with E-state index in [4.69, 9.17) is 16.3 Å². The van der Waals surface area contributed by atoms with Crippen LogP contribution >= 0.6 is 11.6 Å². The van der Waals surface area contributed by atoms with Crippen LogP contribution in [0.15, 0.2) is 24.3 Å². The van der Waals surface area contributed by atoms with E-state index < -0.39 is 16.9 Å². The van der Waals surface area contributed by atoms with Crippen LogP contribution in [0.3, 0.4) is 0 Å². The van der Waals surface area contributed by atoms with E-state index in [1.54, 1.807) is 17.0 Å². The average molecular weight is 316 g/mol. The Morgan fingerprint density at radius 2 is 2.05 bits per heavy atom. The van der Waals surface area contributed by atoms with E-state index in [9.17, 15) is 9.00 Å². The van der Waals surface area contributed by atoms with Crippen molar-refractivity contribution in [2.24, 2.45) is 0 Å². The van der Waals surface area contributed by atoms with Crippen molar-refractivity contribution >= 4 is 28.3 Å². The summed E-state index contributed by atoms with van der Waals surface area (Å²) in [7, 11) is -0.790. The minimum Gasteiger partial charge on any atom is -0.479 e. The molecule has 1 heterocycles. The molecule has 1 aromatic rings. The summed E-state index contributed by atoms with van der Waals surface area (Å²) in [5, 5.41) is 0.499. The zero-order valence-electron chi connectivity index (χ0n) is 11.4. The highest BCUT2D eigenvalue weighted by Crippen LogP contribution is 2.25. The molecule has 1 amide bonds. The van der Waals surface area contributed by atoms with Gasteiger partial charge in [0.15, 0.2) is 6.10 Å². The van der Waals surface area contributed by atoms with Gasteiger partial charge in [-0.25, -0.2) is 0 Å². The molecule has 0 saturated carbocycles. The number of halogens is 1. The number of benzene rings is 1. The van der Waals surface area contributed by atoms with Gasteiger partial charge in [0, 0.05) is 35.4 Å². The largest absolute Gasteiger partial charge is 0.479 e. The summed E-state index contributed by atoms with van der Waals surface area (Å²) in [5.41, 5.74) is 0. The molecule has 0 N–H and O–H groups in total. The van der Waals surface area contributed by atoms with Crippen LogP contribution in [0.1, 0.15) is 13.3 Å². The molecular formula is C14H18ClNO3S. The van der Waals surface area contributed by atoms with Gasteiger partial charge in [0.05, 0.1) is 5.02 Å². The molecular weight excluding hydrogens is 298 g/mol. The number of carbonyl (C=O) groups is 1. The maximum absolute atomic E-state index is 12.4. The molecule has 20 heavy (non-hydrogen) atoms. The van der Waals surface area contributed by atoms with Crippen LogP contribution in [-0.2, 0) is 15.6 Å². The van der Waals surface area contributed by atoms with Gasteiger partial charge in [0.2, 0.25) is 0 Å². The van der Waals surface area contributed by atoms with E-state index in [-0.39, 0.29) is 5.91 Å². The third-order valence-electron chi connectivity index (χ3n) is 3.24. The quantitative estimate of drug-likeness (QED) is 0.854. The number of amides is 1. The lowest BCUT2D eigenvalue weighted by Gasteiger charge is -2.30. The van der Waals surface area contributed by atoms with Crippen LogP contribution in [-0.4, -0.2) is 45.7 Å². The third-order valence-corrected chi connectivity index (χ3v) is 4.83. The molecule has 6 heteroatoms. The van der Waals surface area contributed by atoms with Crippen molar-refractivity contribution in [3.8, 4) is 5.75 Å². The van der Waals surface area contributed by atoms with Crippen molar-refractivity contribution in [3.63, 3.8) is 0 Å². The van der Waals surface area contributed by atoms with Crippen molar-refractivity contribution in [3.05, 3.63) is 29.3 Å². The molecule has 0 spiro atoms. The van der Waals surface area contributed by atoms with Crippen LogP contribution in [0.2, 0.25) is 5.02 Å². The second-order valence-electron chi connectivity index (χ2n) is 4.62. The summed E-state index contributed by atoms with van der Waals surface area (Å²) < 4.78 is 17.1. The first kappa shape index (κ1) is 15.3. The van der Waals surface area contributed by atoms with Gasteiger partial charge in [-0.15, -0.1) is 0 Å². The number of carbonyl (C=O) groups excluding carboxylic acids is 1. The van der Waals surface area contributed by atoms with Crippen LogP contribution in [0.25, 0.3) is 0 Å². The second-order valence-corrected chi connectivity index (χ2v) is 6.72. The molecule has 0 aromatic heterocycles. The van der Waals surface area contributed by atoms with Crippen molar-refractivity contribution in [2.45, 2.75) is 19.4 Å². The zero-order valence-corrected chi connectivity index (χ0v) is 13.0. The van der Waals surface area contributed by atoms with Gasteiger partial charge in [-0.05, 0) is 18.6 Å². The summed E-state index contributed by atoms with van der Waals surface area (Å²) in [6.45, 7) is 2.98. The fraction of sp³-hybridized carbons (Fsp3) is 0.500. The fourth-order valence-corrected chi connectivity index (χ4v) is 3.30. The number of hydrogen-bond acceptors (Lipinski definition) is 3. The van der Waals surface area contributed by atoms with Gasteiger partial charge in [0.25, 0.3) is 5.91 Å². The highest BCUT2D eigenvalue weighted by molar-refractivity contribution is 7.85. The number of hydrogen-bond donors (Lipinski definition) is 0. The summed E-state index contributed by atoms with van der Waals surface area (Å²) >= 11 is 6.04. The van der Waals surface area contributed by atoms with E-state index in [1.807, 2.05) is 19.1 Å². The molecule has 1 unspecified atom stereocenters. The molecule has 0 bridgehead atoms. The first-order chi connectivity index (χ1) is 9.61. The predicted molar refractivity (Wildman–Crippen MR) is 80.6 cm³/mol. The minimum atomic E-state index is -0.790. The van der Waals surface area contributed by atoms with Gasteiger partial charge >= 0.3 is 0 Å². The predicted octanol–water partition coefficient (Wildman–Crippen LogP) is 2.09. The molecule has 2 rings (SSSR count). The summed E-state index contributed by atoms with van der Waals surface area (Å²) in [6, 6.07) is 7.13. The Balaban J connectivity index is 2.02. The Bertz CT molecular complexity index is 499. The Morgan fingerprint density at radius 3 is 2.65 bits per heavy atom. The second kappa shape index (κ2) is 7.09. The lowest BCUT2D eigenvalue weighted by Crippen LogP contribution is -2.47. The molecule has 1 saturated heterocycles. The van der Waals surface area contributed by atoms with Crippen LogP contribution < -0.4 is 4.74 Å². The number of nitrogens with zero attached hydrogens (tertiary/aromatic N) is 1. The summed E-state index contributed by atoms with van der Waals surface area (Å²) in [6.07, 6.45) is 0.0327. The standard InChI is InChI=1S/C14H18ClNO3S/c1-2-12(19-13-6-4-3-5-11(13)15)14(17)16-7-9-20(18)10-8-16/h3-6,12H,2,7-10H2,1H3. The third kappa shape index (κ3) is 3.73. The SMILES string of the molecule is CCC(Oc1ccccc1Cl)C(=O)N1CCS(=O)CC1. The highest BCUT2D eigenvalue weighted by atomic mass is 35.5. The summed E-state index contributed by atoms with van der Waals surface area (Å²) in [4.78, 5) is 14.1. The smallest absolute Gasteiger partial charge is 0.263 e. The van der Waals surface area contributed by atoms with Gasteiger partial charge in [0.1, 0.15) is 5.75 Å². The van der Waals surface area contributed by atoms with Crippen LogP contribution in [0.5, 0.6) is 5.75 Å². The molecule has 110 valence electrons.